The van der Waals surface area contributed by atoms with Crippen molar-refractivity contribution >= 4 is 21.7 Å². The zero-order valence-electron chi connectivity index (χ0n) is 9.04. The van der Waals surface area contributed by atoms with Gasteiger partial charge in [0.15, 0.2) is 0 Å². The molecule has 0 saturated carbocycles. The number of rotatable bonds is 2. The molecular weight excluding hydrogens is 368 g/mol. The molecule has 0 fully saturated rings. The Labute approximate surface area is 114 Å². The van der Waals surface area contributed by atoms with Crippen LogP contribution in [0.1, 0.15) is 21.5 Å². The predicted molar refractivity (Wildman–Crippen MR) is 54.7 cm³/mol. The monoisotopic (exact) mass is 370 g/mol. The molecule has 0 saturated heterocycles. The molecule has 1 aromatic carbocycles. The summed E-state index contributed by atoms with van der Waals surface area (Å²) in [7, 11) is 0. The predicted octanol–water partition coefficient (Wildman–Crippen LogP) is 4.89. The number of halogens is 9. The van der Waals surface area contributed by atoms with Crippen LogP contribution in [0, 0.1) is 0 Å². The molecular formula is C10H3BrF8O. The van der Waals surface area contributed by atoms with E-state index in [1.165, 1.54) is 0 Å². The second-order valence-electron chi connectivity index (χ2n) is 3.62. The molecule has 0 aliphatic heterocycles. The van der Waals surface area contributed by atoms with E-state index in [4.69, 9.17) is 0 Å². The number of hydrogen-bond donors (Lipinski definition) is 0. The minimum Gasteiger partial charge on any atom is -0.286 e. The molecule has 1 rings (SSSR count). The SMILES string of the molecule is O=C(c1cc(C(F)(F)F)cc(C(F)(F)F)c1)C(F)(F)Br. The van der Waals surface area contributed by atoms with E-state index in [1.54, 1.807) is 15.9 Å². The third-order valence-corrected chi connectivity index (χ3v) is 2.47. The molecule has 0 spiro atoms. The molecule has 20 heavy (non-hydrogen) atoms. The molecule has 0 unspecified atom stereocenters. The molecule has 0 aromatic heterocycles. The lowest BCUT2D eigenvalue weighted by molar-refractivity contribution is -0.143. The van der Waals surface area contributed by atoms with Gasteiger partial charge in [0.1, 0.15) is 0 Å². The lowest BCUT2D eigenvalue weighted by atomic mass is 10.0. The maximum absolute atomic E-state index is 12.7. The second-order valence-corrected chi connectivity index (χ2v) is 4.62. The average Bonchev–Trinajstić information content (AvgIpc) is 2.23. The minimum absolute atomic E-state index is 0.0628. The van der Waals surface area contributed by atoms with Crippen LogP contribution < -0.4 is 0 Å². The highest BCUT2D eigenvalue weighted by atomic mass is 79.9. The van der Waals surface area contributed by atoms with Crippen LogP contribution in [0.3, 0.4) is 0 Å². The summed E-state index contributed by atoms with van der Waals surface area (Å²) in [4.78, 5) is 6.83. The van der Waals surface area contributed by atoms with E-state index in [2.05, 4.69) is 0 Å². The fraction of sp³-hybridized carbons (Fsp3) is 0.300. The van der Waals surface area contributed by atoms with Gasteiger partial charge in [-0.25, -0.2) is 0 Å². The van der Waals surface area contributed by atoms with Crippen LogP contribution in [0.5, 0.6) is 0 Å². The van der Waals surface area contributed by atoms with E-state index in [0.717, 1.165) is 0 Å². The zero-order valence-corrected chi connectivity index (χ0v) is 10.6. The van der Waals surface area contributed by atoms with Crippen molar-refractivity contribution in [2.75, 3.05) is 0 Å². The molecule has 0 N–H and O–H groups in total. The second kappa shape index (κ2) is 4.97. The summed E-state index contributed by atoms with van der Waals surface area (Å²) < 4.78 is 99.8. The largest absolute Gasteiger partial charge is 0.416 e. The van der Waals surface area contributed by atoms with E-state index in [-0.39, 0.29) is 18.2 Å². The zero-order chi connectivity index (χ0) is 15.9. The van der Waals surface area contributed by atoms with Gasteiger partial charge in [0.25, 0.3) is 0 Å². The molecule has 0 heterocycles. The van der Waals surface area contributed by atoms with Crippen molar-refractivity contribution in [1.29, 1.82) is 0 Å². The van der Waals surface area contributed by atoms with Crippen molar-refractivity contribution in [3.8, 4) is 0 Å². The molecule has 0 radical (unpaired) electrons. The number of alkyl halides is 9. The Hall–Kier alpha value is -1.19. The quantitative estimate of drug-likeness (QED) is 0.411. The van der Waals surface area contributed by atoms with Gasteiger partial charge in [-0.05, 0) is 34.1 Å². The molecule has 0 aliphatic carbocycles. The van der Waals surface area contributed by atoms with E-state index in [0.29, 0.717) is 0 Å². The Balaban J connectivity index is 3.51. The highest BCUT2D eigenvalue weighted by Gasteiger charge is 2.41. The van der Waals surface area contributed by atoms with Gasteiger partial charge in [-0.1, -0.05) is 0 Å². The van der Waals surface area contributed by atoms with Crippen LogP contribution in [-0.4, -0.2) is 10.6 Å². The number of ketones is 1. The van der Waals surface area contributed by atoms with Gasteiger partial charge >= 0.3 is 17.2 Å². The number of hydrogen-bond acceptors (Lipinski definition) is 1. The summed E-state index contributed by atoms with van der Waals surface area (Å²) >= 11 is 1.59. The molecule has 112 valence electrons. The van der Waals surface area contributed by atoms with Gasteiger partial charge in [0.2, 0.25) is 5.78 Å². The standard InChI is InChI=1S/C10H3BrF8O/c11-8(12,13)7(20)4-1-5(9(14,15)16)3-6(2-4)10(17,18)19/h1-3H. The van der Waals surface area contributed by atoms with Gasteiger partial charge in [0.05, 0.1) is 11.1 Å². The van der Waals surface area contributed by atoms with Crippen molar-refractivity contribution in [2.24, 2.45) is 0 Å². The van der Waals surface area contributed by atoms with E-state index < -0.39 is 39.7 Å². The fourth-order valence-electron chi connectivity index (χ4n) is 1.25. The molecule has 1 aromatic rings. The van der Waals surface area contributed by atoms with Gasteiger partial charge in [-0.2, -0.15) is 35.1 Å². The highest BCUT2D eigenvalue weighted by molar-refractivity contribution is 9.10. The van der Waals surface area contributed by atoms with Crippen LogP contribution in [0.15, 0.2) is 18.2 Å². The summed E-state index contributed by atoms with van der Waals surface area (Å²) in [6.45, 7) is 0. The lowest BCUT2D eigenvalue weighted by Crippen LogP contribution is -2.22. The first-order valence-electron chi connectivity index (χ1n) is 4.64. The Bertz CT molecular complexity index is 493. The van der Waals surface area contributed by atoms with Crippen molar-refractivity contribution in [2.45, 2.75) is 17.2 Å². The van der Waals surface area contributed by atoms with Gasteiger partial charge < -0.3 is 0 Å². The number of carbonyl (C=O) groups is 1. The maximum Gasteiger partial charge on any atom is 0.416 e. The molecule has 0 amide bonds. The Morgan fingerprint density at radius 1 is 0.800 bits per heavy atom. The van der Waals surface area contributed by atoms with E-state index in [1.807, 2.05) is 0 Å². The Morgan fingerprint density at radius 2 is 1.15 bits per heavy atom. The summed E-state index contributed by atoms with van der Waals surface area (Å²) in [6.07, 6.45) is -10.4. The van der Waals surface area contributed by atoms with E-state index in [9.17, 15) is 39.9 Å². The Kier molecular flexibility index (Phi) is 4.19. The highest BCUT2D eigenvalue weighted by Crippen LogP contribution is 2.37. The minimum atomic E-state index is -5.21. The average molecular weight is 371 g/mol. The van der Waals surface area contributed by atoms with Gasteiger partial charge in [-0.3, -0.25) is 4.79 Å². The van der Waals surface area contributed by atoms with E-state index >= 15 is 0 Å². The summed E-state index contributed by atoms with van der Waals surface area (Å²) in [5.41, 5.74) is -5.08. The first-order chi connectivity index (χ1) is 8.73. The molecule has 0 atom stereocenters. The topological polar surface area (TPSA) is 17.1 Å². The third kappa shape index (κ3) is 3.90. The molecule has 0 aliphatic rings. The summed E-state index contributed by atoms with van der Waals surface area (Å²) in [6, 6.07) is -0.386. The van der Waals surface area contributed by atoms with Crippen molar-refractivity contribution in [3.05, 3.63) is 34.9 Å². The fourth-order valence-corrected chi connectivity index (χ4v) is 1.48. The maximum atomic E-state index is 12.7. The van der Waals surface area contributed by atoms with Crippen LogP contribution >= 0.6 is 15.9 Å². The Morgan fingerprint density at radius 3 is 1.40 bits per heavy atom. The van der Waals surface area contributed by atoms with Crippen molar-refractivity contribution in [1.82, 2.24) is 0 Å². The smallest absolute Gasteiger partial charge is 0.286 e. The number of carbonyl (C=O) groups excluding carboxylic acids is 1. The first kappa shape index (κ1) is 16.9. The van der Waals surface area contributed by atoms with Gasteiger partial charge in [-0.15, -0.1) is 0 Å². The van der Waals surface area contributed by atoms with Crippen LogP contribution in [0.4, 0.5) is 35.1 Å². The van der Waals surface area contributed by atoms with Crippen LogP contribution in [0.25, 0.3) is 0 Å². The molecule has 1 nitrogen and oxygen atoms in total. The summed E-state index contributed by atoms with van der Waals surface area (Å²) in [5, 5.41) is 0. The normalized spacial score (nSPS) is 13.4. The van der Waals surface area contributed by atoms with Crippen molar-refractivity contribution in [3.63, 3.8) is 0 Å². The van der Waals surface area contributed by atoms with Crippen LogP contribution in [-0.2, 0) is 12.4 Å². The molecule has 10 heteroatoms. The summed E-state index contributed by atoms with van der Waals surface area (Å²) in [5.74, 6) is -2.20. The number of Topliss-reactive ketones (excluding diaryl/α,β-unsaturated/α-hetero) is 1. The number of benzene rings is 1. The van der Waals surface area contributed by atoms with Gasteiger partial charge in [0, 0.05) is 5.56 Å². The van der Waals surface area contributed by atoms with Crippen LogP contribution in [0.2, 0.25) is 0 Å². The molecule has 0 bridgehead atoms. The lowest BCUT2D eigenvalue weighted by Gasteiger charge is -2.15. The third-order valence-electron chi connectivity index (χ3n) is 2.11. The van der Waals surface area contributed by atoms with Crippen molar-refractivity contribution < 1.29 is 39.9 Å². The first-order valence-corrected chi connectivity index (χ1v) is 5.43.